The van der Waals surface area contributed by atoms with Crippen LogP contribution in [0.3, 0.4) is 0 Å². The van der Waals surface area contributed by atoms with Crippen molar-refractivity contribution in [2.75, 3.05) is 0 Å². The van der Waals surface area contributed by atoms with Crippen LogP contribution in [0.1, 0.15) is 0 Å². The van der Waals surface area contributed by atoms with E-state index in [1.807, 2.05) is 12.1 Å². The maximum absolute atomic E-state index is 2.15. The molecule has 0 bridgehead atoms. The first-order valence-corrected chi connectivity index (χ1v) is 5.16. The first kappa shape index (κ1) is 18.1. The van der Waals surface area contributed by atoms with Gasteiger partial charge in [-0.25, -0.2) is 0 Å². The first-order valence-electron chi connectivity index (χ1n) is 4.27. The summed E-state index contributed by atoms with van der Waals surface area (Å²) in [5.41, 5.74) is 0. The zero-order valence-electron chi connectivity index (χ0n) is 8.45. The number of hydrogen-bond acceptors (Lipinski definition) is 0. The van der Waals surface area contributed by atoms with Crippen LogP contribution in [0, 0.1) is 0 Å². The van der Waals surface area contributed by atoms with E-state index in [-0.39, 0.29) is 37.2 Å². The minimum absolute atomic E-state index is 0. The maximum Gasteiger partial charge on any atom is -0.0100 e. The highest BCUT2D eigenvalue weighted by atomic mass is 35.5. The highest BCUT2D eigenvalue weighted by Crippen LogP contribution is 2.08. The molecule has 0 unspecified atom stereocenters. The Morgan fingerprint density at radius 2 is 0.812 bits per heavy atom. The van der Waals surface area contributed by atoms with Crippen molar-refractivity contribution in [2.45, 2.75) is 0 Å². The second-order valence-corrected chi connectivity index (χ2v) is 4.04. The van der Waals surface area contributed by atoms with Crippen LogP contribution >= 0.6 is 45.8 Å². The first-order chi connectivity index (χ1) is 6.45. The lowest BCUT2D eigenvalue weighted by Gasteiger charge is -1.98. The molecule has 2 aromatic rings. The minimum atomic E-state index is 0. The number of rotatable bonds is 2. The number of benzene rings is 2. The summed E-state index contributed by atoms with van der Waals surface area (Å²) < 4.78 is 0. The zero-order chi connectivity index (χ0) is 8.93. The smallest absolute Gasteiger partial charge is 0.0100 e. The zero-order valence-corrected chi connectivity index (χ0v) is 11.8. The topological polar surface area (TPSA) is 0 Å². The number of hydrogen-bond donors (Lipinski definition) is 0. The van der Waals surface area contributed by atoms with E-state index < -0.39 is 0 Å². The summed E-state index contributed by atoms with van der Waals surface area (Å²) in [5.74, 6) is 0. The molecule has 0 aliphatic carbocycles. The van der Waals surface area contributed by atoms with Crippen LogP contribution in [0.25, 0.3) is 0 Å². The average molecular weight is 295 g/mol. The van der Waals surface area contributed by atoms with Crippen molar-refractivity contribution in [3.63, 3.8) is 0 Å². The third-order valence-electron chi connectivity index (χ3n) is 1.77. The molecule has 0 atom stereocenters. The summed E-state index contributed by atoms with van der Waals surface area (Å²) in [7, 11) is 1.28. The molecule has 0 saturated heterocycles. The lowest BCUT2D eigenvalue weighted by Crippen LogP contribution is -2.01. The van der Waals surface area contributed by atoms with E-state index >= 15 is 0 Å². The summed E-state index contributed by atoms with van der Waals surface area (Å²) in [6.07, 6.45) is 0. The molecule has 4 heteroatoms. The number of halogens is 3. The molecule has 0 aliphatic rings. The Morgan fingerprint density at radius 1 is 0.500 bits per heavy atom. The molecule has 0 saturated carbocycles. The van der Waals surface area contributed by atoms with Gasteiger partial charge in [0.25, 0.3) is 0 Å². The van der Waals surface area contributed by atoms with Crippen molar-refractivity contribution in [3.8, 4) is 0 Å². The molecule has 0 aromatic heterocycles. The Hall–Kier alpha value is -0.260. The van der Waals surface area contributed by atoms with Crippen LogP contribution in [-0.2, 0) is 0 Å². The molecule has 2 rings (SSSR count). The lowest BCUT2D eigenvalue weighted by atomic mass is 10.4. The van der Waals surface area contributed by atoms with Gasteiger partial charge in [-0.2, -0.15) is 0 Å². The van der Waals surface area contributed by atoms with Gasteiger partial charge in [0, 0.05) is 0 Å². The fourth-order valence-electron chi connectivity index (χ4n) is 1.15. The van der Waals surface area contributed by atoms with E-state index in [9.17, 15) is 0 Å². The third kappa shape index (κ3) is 5.72. The van der Waals surface area contributed by atoms with Crippen molar-refractivity contribution in [2.24, 2.45) is 0 Å². The Bertz CT molecular complexity index is 327. The monoisotopic (exact) mass is 293 g/mol. The normalized spacial score (nSPS) is 8.00. The Balaban J connectivity index is 0. The molecule has 0 fully saturated rings. The summed E-state index contributed by atoms with van der Waals surface area (Å²) in [4.78, 5) is 0. The molecule has 0 heterocycles. The highest BCUT2D eigenvalue weighted by Gasteiger charge is 1.93. The SMILES string of the molecule is Cl.Cl.Cl.c1ccc([P]c2ccccc2)cc1. The fraction of sp³-hybridized carbons (Fsp3) is 0. The summed E-state index contributed by atoms with van der Waals surface area (Å²) in [6, 6.07) is 21.0. The van der Waals surface area contributed by atoms with Crippen LogP contribution in [-0.4, -0.2) is 0 Å². The van der Waals surface area contributed by atoms with Crippen LogP contribution in [0.15, 0.2) is 60.7 Å². The van der Waals surface area contributed by atoms with Crippen LogP contribution in [0.2, 0.25) is 0 Å². The largest absolute Gasteiger partial charge is 0.147 e. The predicted octanol–water partition coefficient (Wildman–Crippen LogP) is 3.85. The highest BCUT2D eigenvalue weighted by molar-refractivity contribution is 7.55. The van der Waals surface area contributed by atoms with Gasteiger partial charge >= 0.3 is 0 Å². The van der Waals surface area contributed by atoms with Gasteiger partial charge in [-0.3, -0.25) is 0 Å². The molecular weight excluding hydrogens is 281 g/mol. The van der Waals surface area contributed by atoms with E-state index in [1.54, 1.807) is 0 Å². The van der Waals surface area contributed by atoms with Crippen LogP contribution in [0.5, 0.6) is 0 Å². The molecule has 0 spiro atoms. The molecule has 0 amide bonds. The summed E-state index contributed by atoms with van der Waals surface area (Å²) in [5, 5.41) is 2.68. The Kier molecular flexibility index (Phi) is 11.2. The van der Waals surface area contributed by atoms with Crippen molar-refractivity contribution in [1.29, 1.82) is 0 Å². The van der Waals surface area contributed by atoms with E-state index in [0.717, 1.165) is 0 Å². The van der Waals surface area contributed by atoms with Gasteiger partial charge in [0.05, 0.1) is 0 Å². The fourth-order valence-corrected chi connectivity index (χ4v) is 2.09. The Labute approximate surface area is 117 Å². The van der Waals surface area contributed by atoms with Gasteiger partial charge in [0.1, 0.15) is 0 Å². The van der Waals surface area contributed by atoms with Gasteiger partial charge in [-0.1, -0.05) is 60.7 Å². The molecule has 0 N–H and O–H groups in total. The van der Waals surface area contributed by atoms with Gasteiger partial charge in [0.2, 0.25) is 0 Å². The van der Waals surface area contributed by atoms with Crippen molar-refractivity contribution < 1.29 is 0 Å². The summed E-state index contributed by atoms with van der Waals surface area (Å²) >= 11 is 0. The van der Waals surface area contributed by atoms with E-state index in [2.05, 4.69) is 48.5 Å². The van der Waals surface area contributed by atoms with E-state index in [0.29, 0.717) is 0 Å². The van der Waals surface area contributed by atoms with Crippen molar-refractivity contribution in [1.82, 2.24) is 0 Å². The second kappa shape index (κ2) is 9.93. The lowest BCUT2D eigenvalue weighted by molar-refractivity contribution is 1.76. The van der Waals surface area contributed by atoms with Gasteiger partial charge < -0.3 is 0 Å². The molecule has 0 aliphatic heterocycles. The van der Waals surface area contributed by atoms with Gasteiger partial charge in [-0.05, 0) is 19.2 Å². The van der Waals surface area contributed by atoms with Gasteiger partial charge in [-0.15, -0.1) is 37.2 Å². The predicted molar refractivity (Wildman–Crippen MR) is 80.8 cm³/mol. The Morgan fingerprint density at radius 3 is 1.12 bits per heavy atom. The average Bonchev–Trinajstić information content (AvgIpc) is 2.21. The molecule has 1 radical (unpaired) electrons. The molecular formula is C12H13Cl3P. The molecule has 0 nitrogen and oxygen atoms in total. The molecule has 16 heavy (non-hydrogen) atoms. The van der Waals surface area contributed by atoms with Crippen LogP contribution in [0.4, 0.5) is 0 Å². The molecule has 2 aromatic carbocycles. The van der Waals surface area contributed by atoms with E-state index in [4.69, 9.17) is 0 Å². The maximum atomic E-state index is 2.15. The van der Waals surface area contributed by atoms with E-state index in [1.165, 1.54) is 19.2 Å². The third-order valence-corrected chi connectivity index (χ3v) is 2.88. The quantitative estimate of drug-likeness (QED) is 0.738. The van der Waals surface area contributed by atoms with Crippen molar-refractivity contribution in [3.05, 3.63) is 60.7 Å². The van der Waals surface area contributed by atoms with Gasteiger partial charge in [0.15, 0.2) is 0 Å². The standard InChI is InChI=1S/C12H10P.3ClH/c1-3-7-11(8-4-1)13-12-9-5-2-6-10-12;;;/h1-10H;3*1H. The molecule has 87 valence electrons. The van der Waals surface area contributed by atoms with Crippen molar-refractivity contribution >= 4 is 56.4 Å². The summed E-state index contributed by atoms with van der Waals surface area (Å²) in [6.45, 7) is 0. The second-order valence-electron chi connectivity index (χ2n) is 2.78. The minimum Gasteiger partial charge on any atom is -0.147 e. The van der Waals surface area contributed by atoms with Crippen LogP contribution < -0.4 is 10.6 Å².